The van der Waals surface area contributed by atoms with Crippen LogP contribution in [0, 0.1) is 0 Å². The van der Waals surface area contributed by atoms with Crippen molar-refractivity contribution in [3.8, 4) is 0 Å². The van der Waals surface area contributed by atoms with Crippen molar-refractivity contribution in [3.05, 3.63) is 12.2 Å². The molecule has 2 atom stereocenters. The van der Waals surface area contributed by atoms with Crippen LogP contribution in [0.2, 0.25) is 0 Å². The van der Waals surface area contributed by atoms with E-state index in [1.54, 1.807) is 18.5 Å². The third-order valence-electron chi connectivity index (χ3n) is 2.20. The molecule has 8 nitrogen and oxygen atoms in total. The van der Waals surface area contributed by atoms with E-state index in [0.29, 0.717) is 5.82 Å². The fourth-order valence-corrected chi connectivity index (χ4v) is 1.25. The monoisotopic (exact) mass is 241 g/mol. The maximum absolute atomic E-state index is 11.4. The SMILES string of the molecule is CC(NC(=O)N[C@@H](C)C(=O)O)c1nncn1C. The van der Waals surface area contributed by atoms with Crippen molar-refractivity contribution in [1.82, 2.24) is 25.4 Å². The third kappa shape index (κ3) is 3.44. The van der Waals surface area contributed by atoms with Crippen molar-refractivity contribution in [2.24, 2.45) is 7.05 Å². The second kappa shape index (κ2) is 5.28. The van der Waals surface area contributed by atoms with Crippen molar-refractivity contribution < 1.29 is 14.7 Å². The number of rotatable bonds is 4. The summed E-state index contributed by atoms with van der Waals surface area (Å²) in [5.74, 6) is -0.505. The standard InChI is InChI=1S/C9H15N5O3/c1-5(7-13-10-4-14(7)3)11-9(17)12-6(2)8(15)16/h4-6H,1-3H3,(H,15,16)(H2,11,12,17)/t5?,6-/m0/s1. The van der Waals surface area contributed by atoms with Crippen molar-refractivity contribution in [2.75, 3.05) is 0 Å². The summed E-state index contributed by atoms with van der Waals surface area (Å²) in [4.78, 5) is 22.0. The molecule has 1 rings (SSSR count). The van der Waals surface area contributed by atoms with Gasteiger partial charge in [0.05, 0.1) is 6.04 Å². The van der Waals surface area contributed by atoms with Crippen LogP contribution in [0.4, 0.5) is 4.79 Å². The van der Waals surface area contributed by atoms with Gasteiger partial charge in [0.1, 0.15) is 12.4 Å². The van der Waals surface area contributed by atoms with Crippen molar-refractivity contribution in [1.29, 1.82) is 0 Å². The Hall–Kier alpha value is -2.12. The van der Waals surface area contributed by atoms with E-state index in [9.17, 15) is 9.59 Å². The third-order valence-corrected chi connectivity index (χ3v) is 2.20. The van der Waals surface area contributed by atoms with E-state index in [1.807, 2.05) is 0 Å². The Labute approximate surface area is 98.0 Å². The van der Waals surface area contributed by atoms with E-state index in [4.69, 9.17) is 5.11 Å². The van der Waals surface area contributed by atoms with Crippen LogP contribution >= 0.6 is 0 Å². The number of hydrogen-bond acceptors (Lipinski definition) is 4. The maximum Gasteiger partial charge on any atom is 0.325 e. The molecule has 94 valence electrons. The molecule has 1 aromatic heterocycles. The summed E-state index contributed by atoms with van der Waals surface area (Å²) in [6, 6.07) is -1.86. The maximum atomic E-state index is 11.4. The second-order valence-electron chi connectivity index (χ2n) is 3.70. The number of aliphatic carboxylic acids is 1. The first-order chi connectivity index (χ1) is 7.91. The molecular weight excluding hydrogens is 226 g/mol. The lowest BCUT2D eigenvalue weighted by Gasteiger charge is -2.15. The minimum Gasteiger partial charge on any atom is -0.480 e. The predicted octanol–water partition coefficient (Wildman–Crippen LogP) is -0.352. The summed E-state index contributed by atoms with van der Waals surface area (Å²) in [7, 11) is 1.76. The van der Waals surface area contributed by atoms with Crippen LogP contribution in [-0.2, 0) is 11.8 Å². The van der Waals surface area contributed by atoms with Crippen LogP contribution in [0.25, 0.3) is 0 Å². The molecule has 0 aliphatic rings. The van der Waals surface area contributed by atoms with E-state index in [-0.39, 0.29) is 6.04 Å². The van der Waals surface area contributed by atoms with Gasteiger partial charge in [0.15, 0.2) is 5.82 Å². The Balaban J connectivity index is 2.52. The average molecular weight is 241 g/mol. The summed E-state index contributed by atoms with van der Waals surface area (Å²) >= 11 is 0. The molecule has 3 N–H and O–H groups in total. The molecule has 1 heterocycles. The first-order valence-corrected chi connectivity index (χ1v) is 5.05. The molecule has 2 amide bonds. The lowest BCUT2D eigenvalue weighted by molar-refractivity contribution is -0.138. The number of urea groups is 1. The number of aryl methyl sites for hydroxylation is 1. The van der Waals surface area contributed by atoms with Gasteiger partial charge in [-0.3, -0.25) is 4.79 Å². The highest BCUT2D eigenvalue weighted by Gasteiger charge is 2.17. The van der Waals surface area contributed by atoms with Gasteiger partial charge in [-0.1, -0.05) is 0 Å². The van der Waals surface area contributed by atoms with Crippen molar-refractivity contribution in [2.45, 2.75) is 25.9 Å². The predicted molar refractivity (Wildman–Crippen MR) is 58.2 cm³/mol. The highest BCUT2D eigenvalue weighted by molar-refractivity contribution is 5.82. The number of amides is 2. The van der Waals surface area contributed by atoms with Crippen molar-refractivity contribution >= 4 is 12.0 Å². The van der Waals surface area contributed by atoms with Gasteiger partial charge in [-0.15, -0.1) is 10.2 Å². The Morgan fingerprint density at radius 2 is 2.06 bits per heavy atom. The molecule has 17 heavy (non-hydrogen) atoms. The molecule has 0 radical (unpaired) electrons. The minimum absolute atomic E-state index is 0.358. The van der Waals surface area contributed by atoms with E-state index in [2.05, 4.69) is 20.8 Å². The molecule has 0 aliphatic heterocycles. The van der Waals surface area contributed by atoms with Gasteiger partial charge in [-0.2, -0.15) is 0 Å². The number of aromatic nitrogens is 3. The normalized spacial score (nSPS) is 13.8. The molecule has 0 bridgehead atoms. The Morgan fingerprint density at radius 1 is 1.41 bits per heavy atom. The summed E-state index contributed by atoms with van der Waals surface area (Å²) in [6.07, 6.45) is 1.52. The number of carboxylic acid groups (broad SMARTS) is 1. The lowest BCUT2D eigenvalue weighted by atomic mass is 10.3. The van der Waals surface area contributed by atoms with Crippen LogP contribution in [-0.4, -0.2) is 37.9 Å². The zero-order chi connectivity index (χ0) is 13.0. The van der Waals surface area contributed by atoms with E-state index in [1.165, 1.54) is 13.3 Å². The zero-order valence-electron chi connectivity index (χ0n) is 9.84. The quantitative estimate of drug-likeness (QED) is 0.667. The van der Waals surface area contributed by atoms with Crippen LogP contribution in [0.5, 0.6) is 0 Å². The topological polar surface area (TPSA) is 109 Å². The van der Waals surface area contributed by atoms with Gasteiger partial charge >= 0.3 is 12.0 Å². The Bertz CT molecular complexity index is 417. The molecule has 0 aromatic carbocycles. The highest BCUT2D eigenvalue weighted by atomic mass is 16.4. The smallest absolute Gasteiger partial charge is 0.325 e. The van der Waals surface area contributed by atoms with Crippen LogP contribution in [0.3, 0.4) is 0 Å². The van der Waals surface area contributed by atoms with Gasteiger partial charge in [0, 0.05) is 7.05 Å². The lowest BCUT2D eigenvalue weighted by Crippen LogP contribution is -2.45. The fraction of sp³-hybridized carbons (Fsp3) is 0.556. The van der Waals surface area contributed by atoms with E-state index < -0.39 is 18.0 Å². The zero-order valence-corrected chi connectivity index (χ0v) is 9.84. The molecule has 1 aromatic rings. The first-order valence-electron chi connectivity index (χ1n) is 5.05. The van der Waals surface area contributed by atoms with Crippen molar-refractivity contribution in [3.63, 3.8) is 0 Å². The molecule has 0 aliphatic carbocycles. The Morgan fingerprint density at radius 3 is 2.53 bits per heavy atom. The number of nitrogens with one attached hydrogen (secondary N) is 2. The van der Waals surface area contributed by atoms with Gasteiger partial charge in [0.25, 0.3) is 0 Å². The molecule has 1 unspecified atom stereocenters. The van der Waals surface area contributed by atoms with Gasteiger partial charge < -0.3 is 20.3 Å². The summed E-state index contributed by atoms with van der Waals surface area (Å²) in [6.45, 7) is 3.12. The largest absolute Gasteiger partial charge is 0.480 e. The summed E-state index contributed by atoms with van der Waals surface area (Å²) in [5.41, 5.74) is 0. The number of carbonyl (C=O) groups excluding carboxylic acids is 1. The average Bonchev–Trinajstić information content (AvgIpc) is 2.63. The number of hydrogen-bond donors (Lipinski definition) is 3. The fourth-order valence-electron chi connectivity index (χ4n) is 1.25. The molecule has 0 saturated heterocycles. The van der Waals surface area contributed by atoms with E-state index in [0.717, 1.165) is 0 Å². The minimum atomic E-state index is -1.09. The summed E-state index contributed by atoms with van der Waals surface area (Å²) in [5, 5.41) is 21.0. The van der Waals surface area contributed by atoms with Gasteiger partial charge in [-0.05, 0) is 13.8 Å². The highest BCUT2D eigenvalue weighted by Crippen LogP contribution is 2.06. The van der Waals surface area contributed by atoms with Crippen LogP contribution < -0.4 is 10.6 Å². The Kier molecular flexibility index (Phi) is 4.02. The molecule has 8 heteroatoms. The number of carboxylic acids is 1. The van der Waals surface area contributed by atoms with Gasteiger partial charge in [0.2, 0.25) is 0 Å². The molecule has 0 spiro atoms. The molecular formula is C9H15N5O3. The van der Waals surface area contributed by atoms with Gasteiger partial charge in [-0.25, -0.2) is 4.79 Å². The molecule has 0 fully saturated rings. The number of nitrogens with zero attached hydrogens (tertiary/aromatic N) is 3. The second-order valence-corrected chi connectivity index (χ2v) is 3.70. The molecule has 0 saturated carbocycles. The van der Waals surface area contributed by atoms with E-state index >= 15 is 0 Å². The first kappa shape index (κ1) is 12.9. The summed E-state index contributed by atoms with van der Waals surface area (Å²) < 4.78 is 1.67. The number of carbonyl (C=O) groups is 2. The van der Waals surface area contributed by atoms with Crippen LogP contribution in [0.15, 0.2) is 6.33 Å². The van der Waals surface area contributed by atoms with Crippen LogP contribution in [0.1, 0.15) is 25.7 Å².